The Kier molecular flexibility index (Phi) is 8.01. The first-order chi connectivity index (χ1) is 10.4. The fourth-order valence-corrected chi connectivity index (χ4v) is 2.43. The molecular formula is C15H18F3NO2S. The molecule has 0 aromatic heterocycles. The summed E-state index contributed by atoms with van der Waals surface area (Å²) in [5, 5.41) is 1.02. The molecule has 1 amide bonds. The van der Waals surface area contributed by atoms with Gasteiger partial charge in [0.1, 0.15) is 0 Å². The smallest absolute Gasteiger partial charge is 0.326 e. The van der Waals surface area contributed by atoms with Gasteiger partial charge in [0.15, 0.2) is 0 Å². The number of carbonyl (C=O) groups excluding carboxylic acids is 2. The Morgan fingerprint density at radius 2 is 1.64 bits per heavy atom. The van der Waals surface area contributed by atoms with E-state index in [1.807, 2.05) is 18.2 Å². The Balaban J connectivity index is 2.02. The minimum Gasteiger partial charge on any atom is -0.326 e. The quantitative estimate of drug-likeness (QED) is 0.717. The number of halogens is 3. The molecule has 0 spiro atoms. The zero-order chi connectivity index (χ0) is 16.4. The summed E-state index contributed by atoms with van der Waals surface area (Å²) in [4.78, 5) is 22.2. The van der Waals surface area contributed by atoms with Gasteiger partial charge >= 0.3 is 6.18 Å². The maximum Gasteiger partial charge on any atom is 0.460 e. The predicted octanol–water partition coefficient (Wildman–Crippen LogP) is 4.40. The Hall–Kier alpha value is -1.50. The molecule has 0 aliphatic heterocycles. The zero-order valence-corrected chi connectivity index (χ0v) is 12.8. The van der Waals surface area contributed by atoms with Crippen LogP contribution in [-0.2, 0) is 9.59 Å². The Morgan fingerprint density at radius 3 is 2.27 bits per heavy atom. The summed E-state index contributed by atoms with van der Waals surface area (Å²) in [5.74, 6) is 0.0852. The molecule has 0 saturated carbocycles. The van der Waals surface area contributed by atoms with Gasteiger partial charge in [0, 0.05) is 17.9 Å². The van der Waals surface area contributed by atoms with E-state index < -0.39 is 11.3 Å². The van der Waals surface area contributed by atoms with Gasteiger partial charge in [-0.3, -0.25) is 9.59 Å². The SMILES string of the molecule is O=C(CCCCCCSC(=O)C(F)(F)F)Nc1ccccc1. The molecule has 22 heavy (non-hydrogen) atoms. The highest BCUT2D eigenvalue weighted by Crippen LogP contribution is 2.24. The van der Waals surface area contributed by atoms with Crippen molar-refractivity contribution in [2.45, 2.75) is 38.3 Å². The molecule has 0 heterocycles. The molecule has 1 aromatic carbocycles. The molecule has 0 fully saturated rings. The lowest BCUT2D eigenvalue weighted by Gasteiger charge is -2.05. The summed E-state index contributed by atoms with van der Waals surface area (Å²) in [6.07, 6.45) is -1.70. The number of alkyl halides is 3. The van der Waals surface area contributed by atoms with Crippen LogP contribution < -0.4 is 5.32 Å². The normalized spacial score (nSPS) is 11.2. The minimum atomic E-state index is -4.75. The average Bonchev–Trinajstić information content (AvgIpc) is 2.46. The second-order valence-corrected chi connectivity index (χ2v) is 5.78. The zero-order valence-electron chi connectivity index (χ0n) is 12.0. The van der Waals surface area contributed by atoms with Crippen LogP contribution in [0, 0.1) is 0 Å². The summed E-state index contributed by atoms with van der Waals surface area (Å²) in [6, 6.07) is 9.11. The second kappa shape index (κ2) is 9.50. The number of amides is 1. The van der Waals surface area contributed by atoms with Gasteiger partial charge in [-0.1, -0.05) is 42.8 Å². The Bertz CT molecular complexity index is 477. The molecule has 1 N–H and O–H groups in total. The standard InChI is InChI=1S/C15H18F3NO2S/c16-15(17,18)14(21)22-11-7-2-1-6-10-13(20)19-12-8-4-3-5-9-12/h3-5,8-9H,1-2,6-7,10-11H2,(H,19,20). The van der Waals surface area contributed by atoms with Crippen molar-refractivity contribution in [3.05, 3.63) is 30.3 Å². The lowest BCUT2D eigenvalue weighted by Crippen LogP contribution is -2.19. The van der Waals surface area contributed by atoms with Crippen LogP contribution >= 0.6 is 11.8 Å². The van der Waals surface area contributed by atoms with Gasteiger partial charge in [0.2, 0.25) is 5.91 Å². The number of nitrogens with one attached hydrogen (secondary N) is 1. The number of anilines is 1. The van der Waals surface area contributed by atoms with E-state index >= 15 is 0 Å². The van der Waals surface area contributed by atoms with Gasteiger partial charge < -0.3 is 5.32 Å². The first-order valence-electron chi connectivity index (χ1n) is 6.98. The van der Waals surface area contributed by atoms with Crippen LogP contribution in [0.25, 0.3) is 0 Å². The topological polar surface area (TPSA) is 46.2 Å². The number of hydrogen-bond donors (Lipinski definition) is 1. The summed E-state index contributed by atoms with van der Waals surface area (Å²) < 4.78 is 35.8. The average molecular weight is 333 g/mol. The van der Waals surface area contributed by atoms with E-state index in [0.717, 1.165) is 12.1 Å². The monoisotopic (exact) mass is 333 g/mol. The van der Waals surface area contributed by atoms with Crippen molar-refractivity contribution in [2.24, 2.45) is 0 Å². The van der Waals surface area contributed by atoms with Crippen molar-refractivity contribution in [3.8, 4) is 0 Å². The number of benzene rings is 1. The molecule has 0 bridgehead atoms. The summed E-state index contributed by atoms with van der Waals surface area (Å²) in [5.41, 5.74) is 0.745. The van der Waals surface area contributed by atoms with Crippen molar-refractivity contribution >= 4 is 28.5 Å². The lowest BCUT2D eigenvalue weighted by atomic mass is 10.1. The molecule has 0 aliphatic carbocycles. The van der Waals surface area contributed by atoms with Crippen LogP contribution in [0.3, 0.4) is 0 Å². The largest absolute Gasteiger partial charge is 0.460 e. The molecular weight excluding hydrogens is 315 g/mol. The summed E-state index contributed by atoms with van der Waals surface area (Å²) in [6.45, 7) is 0. The number of thioether (sulfide) groups is 1. The van der Waals surface area contributed by atoms with Crippen LogP contribution in [-0.4, -0.2) is 23.0 Å². The van der Waals surface area contributed by atoms with Gasteiger partial charge in [-0.05, 0) is 25.0 Å². The maximum atomic E-state index is 11.9. The summed E-state index contributed by atoms with van der Waals surface area (Å²) in [7, 11) is 0. The van der Waals surface area contributed by atoms with E-state index in [2.05, 4.69) is 5.32 Å². The van der Waals surface area contributed by atoms with E-state index in [1.165, 1.54) is 0 Å². The van der Waals surface area contributed by atoms with E-state index in [-0.39, 0.29) is 11.7 Å². The van der Waals surface area contributed by atoms with E-state index in [0.29, 0.717) is 37.4 Å². The molecule has 7 heteroatoms. The third-order valence-electron chi connectivity index (χ3n) is 2.82. The first kappa shape index (κ1) is 18.5. The van der Waals surface area contributed by atoms with Crippen molar-refractivity contribution in [2.75, 3.05) is 11.1 Å². The molecule has 0 radical (unpaired) electrons. The number of carbonyl (C=O) groups is 2. The molecule has 3 nitrogen and oxygen atoms in total. The van der Waals surface area contributed by atoms with Crippen molar-refractivity contribution < 1.29 is 22.8 Å². The fraction of sp³-hybridized carbons (Fsp3) is 0.467. The molecule has 0 saturated heterocycles. The van der Waals surface area contributed by atoms with Gasteiger partial charge in [0.25, 0.3) is 5.12 Å². The van der Waals surface area contributed by atoms with Gasteiger partial charge in [-0.15, -0.1) is 0 Å². The van der Waals surface area contributed by atoms with Crippen LogP contribution in [0.5, 0.6) is 0 Å². The van der Waals surface area contributed by atoms with E-state index in [9.17, 15) is 22.8 Å². The molecule has 0 aliphatic rings. The van der Waals surface area contributed by atoms with Crippen molar-refractivity contribution in [1.29, 1.82) is 0 Å². The lowest BCUT2D eigenvalue weighted by molar-refractivity contribution is -0.160. The van der Waals surface area contributed by atoms with Crippen molar-refractivity contribution in [3.63, 3.8) is 0 Å². The number of rotatable bonds is 8. The molecule has 1 rings (SSSR count). The van der Waals surface area contributed by atoms with Gasteiger partial charge in [-0.25, -0.2) is 0 Å². The number of hydrogen-bond acceptors (Lipinski definition) is 3. The maximum absolute atomic E-state index is 11.9. The third kappa shape index (κ3) is 8.07. The fourth-order valence-electron chi connectivity index (χ4n) is 1.73. The Labute approximate surface area is 131 Å². The highest BCUT2D eigenvalue weighted by atomic mass is 32.2. The predicted molar refractivity (Wildman–Crippen MR) is 81.7 cm³/mol. The van der Waals surface area contributed by atoms with Crippen molar-refractivity contribution in [1.82, 2.24) is 0 Å². The first-order valence-corrected chi connectivity index (χ1v) is 7.97. The minimum absolute atomic E-state index is 0.0761. The second-order valence-electron chi connectivity index (χ2n) is 4.71. The van der Waals surface area contributed by atoms with E-state index in [4.69, 9.17) is 0 Å². The molecule has 0 atom stereocenters. The van der Waals surface area contributed by atoms with Gasteiger partial charge in [0.05, 0.1) is 0 Å². The number of para-hydroxylation sites is 1. The van der Waals surface area contributed by atoms with Crippen LogP contribution in [0.4, 0.5) is 18.9 Å². The Morgan fingerprint density at radius 1 is 1.00 bits per heavy atom. The number of unbranched alkanes of at least 4 members (excludes halogenated alkanes) is 3. The third-order valence-corrected chi connectivity index (χ3v) is 3.81. The summed E-state index contributed by atoms with van der Waals surface area (Å²) >= 11 is 0.306. The van der Waals surface area contributed by atoms with E-state index in [1.54, 1.807) is 12.1 Å². The molecule has 0 unspecified atom stereocenters. The van der Waals surface area contributed by atoms with Crippen LogP contribution in [0.2, 0.25) is 0 Å². The van der Waals surface area contributed by atoms with Crippen LogP contribution in [0.15, 0.2) is 30.3 Å². The molecule has 122 valence electrons. The molecule has 1 aromatic rings. The highest BCUT2D eigenvalue weighted by Gasteiger charge is 2.38. The highest BCUT2D eigenvalue weighted by molar-refractivity contribution is 8.13. The van der Waals surface area contributed by atoms with Gasteiger partial charge in [-0.2, -0.15) is 13.2 Å². The van der Waals surface area contributed by atoms with Crippen LogP contribution in [0.1, 0.15) is 32.1 Å².